The third-order valence-electron chi connectivity index (χ3n) is 4.59. The summed E-state index contributed by atoms with van der Waals surface area (Å²) in [6.45, 7) is 5.87. The Labute approximate surface area is 163 Å². The van der Waals surface area contributed by atoms with Crippen molar-refractivity contribution in [3.05, 3.63) is 64.8 Å². The predicted molar refractivity (Wildman–Crippen MR) is 108 cm³/mol. The standard InChI is InChI=1S/C22H22ClNO3/c1-22(2,3)20(25)13-24-12-18(17-10-9-16(27-4)11-19(17)24)21(26)14-5-7-15(23)8-6-14/h5-12H,13H2,1-4H3. The normalized spacial score (nSPS) is 11.6. The summed E-state index contributed by atoms with van der Waals surface area (Å²) in [5.41, 5.74) is 1.44. The van der Waals surface area contributed by atoms with Crippen LogP contribution in [0.15, 0.2) is 48.7 Å². The number of rotatable bonds is 5. The van der Waals surface area contributed by atoms with Crippen molar-refractivity contribution in [2.45, 2.75) is 27.3 Å². The fourth-order valence-electron chi connectivity index (χ4n) is 2.86. The molecule has 3 rings (SSSR count). The van der Waals surface area contributed by atoms with E-state index < -0.39 is 5.41 Å². The molecule has 3 aromatic rings. The molecule has 1 aromatic heterocycles. The summed E-state index contributed by atoms with van der Waals surface area (Å²) in [4.78, 5) is 25.6. The molecule has 0 aliphatic rings. The van der Waals surface area contributed by atoms with Crippen LogP contribution in [0.5, 0.6) is 5.75 Å². The summed E-state index contributed by atoms with van der Waals surface area (Å²) >= 11 is 5.93. The molecule has 0 saturated carbocycles. The molecule has 0 atom stereocenters. The van der Waals surface area contributed by atoms with Gasteiger partial charge < -0.3 is 9.30 Å². The van der Waals surface area contributed by atoms with E-state index in [-0.39, 0.29) is 18.1 Å². The van der Waals surface area contributed by atoms with Crippen LogP contribution in [0.3, 0.4) is 0 Å². The quantitative estimate of drug-likeness (QED) is 0.572. The fraction of sp³-hybridized carbons (Fsp3) is 0.273. The van der Waals surface area contributed by atoms with Gasteiger partial charge in [0.05, 0.1) is 19.2 Å². The zero-order valence-electron chi connectivity index (χ0n) is 15.9. The van der Waals surface area contributed by atoms with E-state index in [0.29, 0.717) is 21.9 Å². The third-order valence-corrected chi connectivity index (χ3v) is 4.84. The van der Waals surface area contributed by atoms with E-state index in [1.54, 1.807) is 37.6 Å². The van der Waals surface area contributed by atoms with Gasteiger partial charge in [-0.1, -0.05) is 32.4 Å². The largest absolute Gasteiger partial charge is 0.497 e. The number of aromatic nitrogens is 1. The molecule has 0 bridgehead atoms. The SMILES string of the molecule is COc1ccc2c(C(=O)c3ccc(Cl)cc3)cn(CC(=O)C(C)(C)C)c2c1. The number of carbonyl (C=O) groups excluding carboxylic acids is 2. The molecule has 0 radical (unpaired) electrons. The Morgan fingerprint density at radius 1 is 1.07 bits per heavy atom. The number of halogens is 1. The molecule has 0 unspecified atom stereocenters. The number of ether oxygens (including phenoxy) is 1. The second-order valence-electron chi connectivity index (χ2n) is 7.56. The minimum atomic E-state index is -0.462. The summed E-state index contributed by atoms with van der Waals surface area (Å²) in [7, 11) is 1.59. The molecule has 1 heterocycles. The van der Waals surface area contributed by atoms with Gasteiger partial charge in [-0.25, -0.2) is 0 Å². The molecule has 0 spiro atoms. The van der Waals surface area contributed by atoms with Gasteiger partial charge in [0.2, 0.25) is 0 Å². The summed E-state index contributed by atoms with van der Waals surface area (Å²) in [6, 6.07) is 12.3. The highest BCUT2D eigenvalue weighted by molar-refractivity contribution is 6.30. The second-order valence-corrected chi connectivity index (χ2v) is 8.00. The van der Waals surface area contributed by atoms with Crippen LogP contribution in [-0.4, -0.2) is 23.2 Å². The zero-order valence-corrected chi connectivity index (χ0v) is 16.6. The Bertz CT molecular complexity index is 1010. The maximum atomic E-state index is 13.0. The average molecular weight is 384 g/mol. The first-order valence-electron chi connectivity index (χ1n) is 8.71. The van der Waals surface area contributed by atoms with Crippen molar-refractivity contribution >= 4 is 34.1 Å². The predicted octanol–water partition coefficient (Wildman–Crippen LogP) is 5.15. The Morgan fingerprint density at radius 3 is 2.33 bits per heavy atom. The number of fused-ring (bicyclic) bond motifs is 1. The van der Waals surface area contributed by atoms with Crippen molar-refractivity contribution in [1.29, 1.82) is 0 Å². The number of methoxy groups -OCH3 is 1. The molecule has 5 heteroatoms. The van der Waals surface area contributed by atoms with Crippen LogP contribution in [-0.2, 0) is 11.3 Å². The van der Waals surface area contributed by atoms with E-state index in [4.69, 9.17) is 16.3 Å². The van der Waals surface area contributed by atoms with Gasteiger partial charge in [-0.2, -0.15) is 0 Å². The summed E-state index contributed by atoms with van der Waals surface area (Å²) in [5, 5.41) is 1.37. The lowest BCUT2D eigenvalue weighted by Gasteiger charge is -2.17. The molecule has 0 N–H and O–H groups in total. The zero-order chi connectivity index (χ0) is 19.8. The number of hydrogen-bond donors (Lipinski definition) is 0. The highest BCUT2D eigenvalue weighted by atomic mass is 35.5. The van der Waals surface area contributed by atoms with Crippen molar-refractivity contribution in [3.63, 3.8) is 0 Å². The van der Waals surface area contributed by atoms with Gasteiger partial charge in [0.25, 0.3) is 0 Å². The van der Waals surface area contributed by atoms with Crippen LogP contribution >= 0.6 is 11.6 Å². The highest BCUT2D eigenvalue weighted by Gasteiger charge is 2.24. The Hall–Kier alpha value is -2.59. The molecule has 140 valence electrons. The first kappa shape index (κ1) is 19.2. The Morgan fingerprint density at radius 2 is 1.74 bits per heavy atom. The van der Waals surface area contributed by atoms with Crippen molar-refractivity contribution in [3.8, 4) is 5.75 Å². The second kappa shape index (κ2) is 7.20. The Balaban J connectivity index is 2.11. The van der Waals surface area contributed by atoms with Gasteiger partial charge in [-0.3, -0.25) is 9.59 Å². The van der Waals surface area contributed by atoms with Crippen LogP contribution in [0.4, 0.5) is 0 Å². The molecule has 0 aliphatic heterocycles. The number of ketones is 2. The van der Waals surface area contributed by atoms with Gasteiger partial charge in [0, 0.05) is 39.2 Å². The van der Waals surface area contributed by atoms with Gasteiger partial charge in [0.1, 0.15) is 5.75 Å². The molecule has 4 nitrogen and oxygen atoms in total. The van der Waals surface area contributed by atoms with Crippen molar-refractivity contribution in [1.82, 2.24) is 4.57 Å². The number of carbonyl (C=O) groups is 2. The topological polar surface area (TPSA) is 48.3 Å². The first-order chi connectivity index (χ1) is 12.7. The number of hydrogen-bond acceptors (Lipinski definition) is 3. The molecule has 27 heavy (non-hydrogen) atoms. The van der Waals surface area contributed by atoms with Crippen LogP contribution in [0.25, 0.3) is 10.9 Å². The summed E-state index contributed by atoms with van der Waals surface area (Å²) < 4.78 is 7.15. The van der Waals surface area contributed by atoms with Crippen LogP contribution in [0, 0.1) is 5.41 Å². The Kier molecular flexibility index (Phi) is 5.11. The van der Waals surface area contributed by atoms with Crippen molar-refractivity contribution in [2.24, 2.45) is 5.41 Å². The van der Waals surface area contributed by atoms with E-state index in [9.17, 15) is 9.59 Å². The number of nitrogens with zero attached hydrogens (tertiary/aromatic N) is 1. The van der Waals surface area contributed by atoms with Gasteiger partial charge in [-0.15, -0.1) is 0 Å². The average Bonchev–Trinajstić information content (AvgIpc) is 2.98. The van der Waals surface area contributed by atoms with E-state index in [1.807, 2.05) is 43.5 Å². The third kappa shape index (κ3) is 3.91. The minimum absolute atomic E-state index is 0.0905. The van der Waals surface area contributed by atoms with Gasteiger partial charge in [-0.05, 0) is 36.4 Å². The summed E-state index contributed by atoms with van der Waals surface area (Å²) in [6.07, 6.45) is 1.75. The number of benzene rings is 2. The van der Waals surface area contributed by atoms with Gasteiger partial charge in [0.15, 0.2) is 11.6 Å². The molecule has 0 amide bonds. The molecule has 0 fully saturated rings. The van der Waals surface area contributed by atoms with E-state index in [2.05, 4.69) is 0 Å². The first-order valence-corrected chi connectivity index (χ1v) is 9.09. The van der Waals surface area contributed by atoms with Crippen molar-refractivity contribution < 1.29 is 14.3 Å². The molecule has 0 saturated heterocycles. The molecule has 2 aromatic carbocycles. The van der Waals surface area contributed by atoms with E-state index >= 15 is 0 Å². The van der Waals surface area contributed by atoms with Crippen LogP contribution in [0.2, 0.25) is 5.02 Å². The molecule has 0 aliphatic carbocycles. The summed E-state index contributed by atoms with van der Waals surface area (Å²) in [5.74, 6) is 0.659. The van der Waals surface area contributed by atoms with Crippen molar-refractivity contribution in [2.75, 3.05) is 7.11 Å². The molecular formula is C22H22ClNO3. The lowest BCUT2D eigenvalue weighted by atomic mass is 9.91. The smallest absolute Gasteiger partial charge is 0.195 e. The molecular weight excluding hydrogens is 362 g/mol. The van der Waals surface area contributed by atoms with Gasteiger partial charge >= 0.3 is 0 Å². The van der Waals surface area contributed by atoms with E-state index in [1.165, 1.54) is 0 Å². The van der Waals surface area contributed by atoms with Crippen LogP contribution < -0.4 is 4.74 Å². The van der Waals surface area contributed by atoms with Crippen LogP contribution in [0.1, 0.15) is 36.7 Å². The maximum absolute atomic E-state index is 13.0. The fourth-order valence-corrected chi connectivity index (χ4v) is 2.99. The number of Topliss-reactive ketones (excluding diaryl/α,β-unsaturated/α-hetero) is 1. The van der Waals surface area contributed by atoms with E-state index in [0.717, 1.165) is 10.9 Å². The maximum Gasteiger partial charge on any atom is 0.195 e. The lowest BCUT2D eigenvalue weighted by Crippen LogP contribution is -2.24. The highest BCUT2D eigenvalue weighted by Crippen LogP contribution is 2.29. The lowest BCUT2D eigenvalue weighted by molar-refractivity contribution is -0.126. The minimum Gasteiger partial charge on any atom is -0.497 e. The monoisotopic (exact) mass is 383 g/mol.